The number of hydrogen-bond donors (Lipinski definition) is 2. The van der Waals surface area contributed by atoms with E-state index in [4.69, 9.17) is 0 Å². The zero-order valence-corrected chi connectivity index (χ0v) is 12.3. The SMILES string of the molecule is O=S(=O)(NCc1ccc(Br)cc1)c1cccc(O)c1. The van der Waals surface area contributed by atoms with Gasteiger partial charge in [-0.3, -0.25) is 0 Å². The van der Waals surface area contributed by atoms with E-state index < -0.39 is 10.0 Å². The van der Waals surface area contributed by atoms with Crippen molar-refractivity contribution in [2.75, 3.05) is 0 Å². The Bertz CT molecular complexity index is 669. The molecule has 0 atom stereocenters. The molecule has 2 aromatic rings. The number of aromatic hydroxyl groups is 1. The molecule has 4 nitrogen and oxygen atoms in total. The lowest BCUT2D eigenvalue weighted by molar-refractivity contribution is 0.473. The van der Waals surface area contributed by atoms with Crippen molar-refractivity contribution in [3.8, 4) is 5.75 Å². The Balaban J connectivity index is 2.12. The number of sulfonamides is 1. The van der Waals surface area contributed by atoms with Crippen LogP contribution < -0.4 is 4.72 Å². The van der Waals surface area contributed by atoms with Gasteiger partial charge in [-0.2, -0.15) is 0 Å². The molecule has 0 aliphatic carbocycles. The molecule has 0 amide bonds. The first-order valence-electron chi connectivity index (χ1n) is 5.50. The number of phenols is 1. The smallest absolute Gasteiger partial charge is 0.241 e. The Labute approximate surface area is 120 Å². The molecule has 0 aliphatic heterocycles. The van der Waals surface area contributed by atoms with E-state index in [1.165, 1.54) is 24.3 Å². The minimum Gasteiger partial charge on any atom is -0.508 e. The van der Waals surface area contributed by atoms with Crippen LogP contribution in [0, 0.1) is 0 Å². The third-order valence-corrected chi connectivity index (χ3v) is 4.44. The topological polar surface area (TPSA) is 66.4 Å². The van der Waals surface area contributed by atoms with Crippen molar-refractivity contribution in [2.45, 2.75) is 11.4 Å². The molecule has 0 bridgehead atoms. The maximum Gasteiger partial charge on any atom is 0.241 e. The van der Waals surface area contributed by atoms with Gasteiger partial charge in [-0.25, -0.2) is 13.1 Å². The second-order valence-corrected chi connectivity index (χ2v) is 6.63. The first-order valence-corrected chi connectivity index (χ1v) is 7.78. The van der Waals surface area contributed by atoms with Gasteiger partial charge in [0.1, 0.15) is 5.75 Å². The number of hydrogen-bond acceptors (Lipinski definition) is 3. The van der Waals surface area contributed by atoms with Crippen LogP contribution in [0.3, 0.4) is 0 Å². The molecule has 0 saturated carbocycles. The summed E-state index contributed by atoms with van der Waals surface area (Å²) in [5, 5.41) is 9.29. The lowest BCUT2D eigenvalue weighted by Crippen LogP contribution is -2.23. The summed E-state index contributed by atoms with van der Waals surface area (Å²) in [5.74, 6) is -0.0773. The summed E-state index contributed by atoms with van der Waals surface area (Å²) in [6, 6.07) is 12.9. The summed E-state index contributed by atoms with van der Waals surface area (Å²) in [5.41, 5.74) is 0.854. The molecule has 2 N–H and O–H groups in total. The molecule has 0 radical (unpaired) electrons. The molecule has 0 heterocycles. The fourth-order valence-electron chi connectivity index (χ4n) is 1.51. The van der Waals surface area contributed by atoms with Crippen molar-refractivity contribution in [2.24, 2.45) is 0 Å². The highest BCUT2D eigenvalue weighted by Crippen LogP contribution is 2.16. The number of halogens is 1. The molecule has 0 fully saturated rings. The van der Waals surface area contributed by atoms with Crippen LogP contribution in [0.2, 0.25) is 0 Å². The minimum atomic E-state index is -3.61. The molecule has 2 aromatic carbocycles. The molecular weight excluding hydrogens is 330 g/mol. The average Bonchev–Trinajstić information content (AvgIpc) is 2.38. The van der Waals surface area contributed by atoms with E-state index in [9.17, 15) is 13.5 Å². The van der Waals surface area contributed by atoms with Gasteiger partial charge in [-0.15, -0.1) is 0 Å². The second-order valence-electron chi connectivity index (χ2n) is 3.95. The van der Waals surface area contributed by atoms with Crippen molar-refractivity contribution in [3.63, 3.8) is 0 Å². The fourth-order valence-corrected chi connectivity index (χ4v) is 2.84. The van der Waals surface area contributed by atoms with Gasteiger partial charge in [0.25, 0.3) is 0 Å². The van der Waals surface area contributed by atoms with Crippen LogP contribution >= 0.6 is 15.9 Å². The van der Waals surface area contributed by atoms with Gasteiger partial charge in [0.2, 0.25) is 10.0 Å². The van der Waals surface area contributed by atoms with Gasteiger partial charge < -0.3 is 5.11 Å². The maximum absolute atomic E-state index is 12.0. The summed E-state index contributed by atoms with van der Waals surface area (Å²) < 4.78 is 27.4. The maximum atomic E-state index is 12.0. The predicted molar refractivity (Wildman–Crippen MR) is 76.3 cm³/mol. The number of nitrogens with one attached hydrogen (secondary N) is 1. The van der Waals surface area contributed by atoms with Crippen molar-refractivity contribution >= 4 is 26.0 Å². The molecule has 6 heteroatoms. The Hall–Kier alpha value is -1.37. The Morgan fingerprint density at radius 1 is 1.11 bits per heavy atom. The van der Waals surface area contributed by atoms with Crippen LogP contribution in [0.15, 0.2) is 57.9 Å². The molecular formula is C13H12BrNO3S. The van der Waals surface area contributed by atoms with Crippen molar-refractivity contribution < 1.29 is 13.5 Å². The van der Waals surface area contributed by atoms with Crippen LogP contribution in [0.25, 0.3) is 0 Å². The monoisotopic (exact) mass is 341 g/mol. The lowest BCUT2D eigenvalue weighted by atomic mass is 10.2. The summed E-state index contributed by atoms with van der Waals surface area (Å²) in [6.07, 6.45) is 0. The van der Waals surface area contributed by atoms with Gasteiger partial charge in [0, 0.05) is 11.0 Å². The summed E-state index contributed by atoms with van der Waals surface area (Å²) in [4.78, 5) is 0.0459. The molecule has 0 aromatic heterocycles. The van der Waals surface area contributed by atoms with Gasteiger partial charge in [0.15, 0.2) is 0 Å². The zero-order valence-electron chi connectivity index (χ0n) is 9.88. The Kier molecular flexibility index (Phi) is 4.24. The highest BCUT2D eigenvalue weighted by atomic mass is 79.9. The summed E-state index contributed by atoms with van der Waals surface area (Å²) in [6.45, 7) is 0.200. The fraction of sp³-hybridized carbons (Fsp3) is 0.0769. The van der Waals surface area contributed by atoms with Crippen LogP contribution in [-0.2, 0) is 16.6 Å². The van der Waals surface area contributed by atoms with Crippen molar-refractivity contribution in [1.29, 1.82) is 0 Å². The highest BCUT2D eigenvalue weighted by molar-refractivity contribution is 9.10. The number of phenolic OH excluding ortho intramolecular Hbond substituents is 1. The number of benzene rings is 2. The van der Waals surface area contributed by atoms with Gasteiger partial charge in [-0.1, -0.05) is 34.1 Å². The third-order valence-electron chi connectivity index (χ3n) is 2.51. The standard InChI is InChI=1S/C13H12BrNO3S/c14-11-6-4-10(5-7-11)9-15-19(17,18)13-3-1-2-12(16)8-13/h1-8,15-16H,9H2. The van der Waals surface area contributed by atoms with E-state index >= 15 is 0 Å². The van der Waals surface area contributed by atoms with Gasteiger partial charge in [0.05, 0.1) is 4.90 Å². The van der Waals surface area contributed by atoms with Crippen LogP contribution in [0.4, 0.5) is 0 Å². The molecule has 0 unspecified atom stereocenters. The van der Waals surface area contributed by atoms with E-state index in [1.54, 1.807) is 0 Å². The molecule has 0 spiro atoms. The highest BCUT2D eigenvalue weighted by Gasteiger charge is 2.13. The van der Waals surface area contributed by atoms with E-state index in [2.05, 4.69) is 20.7 Å². The first kappa shape index (κ1) is 14.0. The molecule has 0 saturated heterocycles. The van der Waals surface area contributed by atoms with E-state index in [1.807, 2.05) is 24.3 Å². The van der Waals surface area contributed by atoms with Crippen molar-refractivity contribution in [3.05, 3.63) is 58.6 Å². The van der Waals surface area contributed by atoms with Crippen molar-refractivity contribution in [1.82, 2.24) is 4.72 Å². The quantitative estimate of drug-likeness (QED) is 0.898. The molecule has 2 rings (SSSR count). The van der Waals surface area contributed by atoms with E-state index in [-0.39, 0.29) is 17.2 Å². The summed E-state index contributed by atoms with van der Waals surface area (Å²) >= 11 is 3.31. The Morgan fingerprint density at radius 3 is 2.42 bits per heavy atom. The largest absolute Gasteiger partial charge is 0.508 e. The molecule has 0 aliphatic rings. The van der Waals surface area contributed by atoms with E-state index in [0.717, 1.165) is 10.0 Å². The lowest BCUT2D eigenvalue weighted by Gasteiger charge is -2.07. The van der Waals surface area contributed by atoms with Crippen LogP contribution in [0.1, 0.15) is 5.56 Å². The third kappa shape index (κ3) is 3.79. The zero-order chi connectivity index (χ0) is 13.9. The van der Waals surface area contributed by atoms with Gasteiger partial charge >= 0.3 is 0 Å². The normalized spacial score (nSPS) is 11.4. The predicted octanol–water partition coefficient (Wildman–Crippen LogP) is 2.63. The second kappa shape index (κ2) is 5.73. The van der Waals surface area contributed by atoms with Crippen LogP contribution in [-0.4, -0.2) is 13.5 Å². The van der Waals surface area contributed by atoms with Gasteiger partial charge in [-0.05, 0) is 35.9 Å². The molecule has 19 heavy (non-hydrogen) atoms. The first-order chi connectivity index (χ1) is 8.97. The van der Waals surface area contributed by atoms with E-state index in [0.29, 0.717) is 0 Å². The van der Waals surface area contributed by atoms with Crippen LogP contribution in [0.5, 0.6) is 5.75 Å². The average molecular weight is 342 g/mol. The summed E-state index contributed by atoms with van der Waals surface area (Å²) in [7, 11) is -3.61. The Morgan fingerprint density at radius 2 is 1.79 bits per heavy atom. The number of rotatable bonds is 4. The minimum absolute atomic E-state index is 0.0459. The molecule has 100 valence electrons.